The van der Waals surface area contributed by atoms with E-state index in [0.717, 1.165) is 11.3 Å². The molecule has 0 spiro atoms. The van der Waals surface area contributed by atoms with Crippen LogP contribution >= 0.6 is 0 Å². The van der Waals surface area contributed by atoms with E-state index in [0.29, 0.717) is 6.54 Å². The summed E-state index contributed by atoms with van der Waals surface area (Å²) in [6.45, 7) is 0.706. The number of likely N-dealkylation sites (tertiary alicyclic amines) is 1. The first-order valence-corrected chi connectivity index (χ1v) is 5.11. The highest BCUT2D eigenvalue weighted by atomic mass is 16.5. The standard InChI is InChI=1S/C12H13NO3/c1-16-11-4-2-3-9(5-11)7-13-8-10(14)6-12(13)15/h2-5H,6-8H2,1H3. The van der Waals surface area contributed by atoms with Crippen molar-refractivity contribution in [2.24, 2.45) is 0 Å². The van der Waals surface area contributed by atoms with E-state index in [1.807, 2.05) is 24.3 Å². The van der Waals surface area contributed by atoms with E-state index in [1.165, 1.54) is 0 Å². The van der Waals surface area contributed by atoms with Crippen LogP contribution in [0.2, 0.25) is 0 Å². The molecule has 0 bridgehead atoms. The summed E-state index contributed by atoms with van der Waals surface area (Å²) in [5, 5.41) is 0. The Balaban J connectivity index is 2.09. The number of rotatable bonds is 3. The summed E-state index contributed by atoms with van der Waals surface area (Å²) in [6.07, 6.45) is 0.0456. The van der Waals surface area contributed by atoms with Crippen molar-refractivity contribution < 1.29 is 14.3 Å². The Morgan fingerprint density at radius 2 is 2.19 bits per heavy atom. The molecule has 0 saturated carbocycles. The van der Waals surface area contributed by atoms with Crippen LogP contribution in [0.1, 0.15) is 12.0 Å². The molecule has 2 rings (SSSR count). The van der Waals surface area contributed by atoms with Crippen LogP contribution in [0, 0.1) is 0 Å². The summed E-state index contributed by atoms with van der Waals surface area (Å²) in [7, 11) is 1.60. The van der Waals surface area contributed by atoms with Crippen molar-refractivity contribution >= 4 is 11.7 Å². The van der Waals surface area contributed by atoms with Gasteiger partial charge in [-0.25, -0.2) is 0 Å². The van der Waals surface area contributed by atoms with Crippen LogP contribution in [0.15, 0.2) is 24.3 Å². The number of hydrogen-bond acceptors (Lipinski definition) is 3. The molecule has 1 aromatic rings. The molecule has 0 unspecified atom stereocenters. The molecule has 1 aliphatic rings. The Morgan fingerprint density at radius 1 is 1.38 bits per heavy atom. The highest BCUT2D eigenvalue weighted by Crippen LogP contribution is 2.16. The number of methoxy groups -OCH3 is 1. The number of carbonyl (C=O) groups is 2. The molecular weight excluding hydrogens is 206 g/mol. The van der Waals surface area contributed by atoms with Gasteiger partial charge < -0.3 is 9.64 Å². The SMILES string of the molecule is COc1cccc(CN2CC(=O)CC2=O)c1. The fourth-order valence-corrected chi connectivity index (χ4v) is 1.77. The van der Waals surface area contributed by atoms with Crippen LogP contribution in [-0.2, 0) is 16.1 Å². The summed E-state index contributed by atoms with van der Waals surface area (Å²) in [6, 6.07) is 7.51. The molecule has 16 heavy (non-hydrogen) atoms. The predicted octanol–water partition coefficient (Wildman–Crippen LogP) is 0.997. The second-order valence-corrected chi connectivity index (χ2v) is 3.82. The molecule has 0 N–H and O–H groups in total. The van der Waals surface area contributed by atoms with Gasteiger partial charge >= 0.3 is 0 Å². The van der Waals surface area contributed by atoms with Gasteiger partial charge in [0.2, 0.25) is 5.91 Å². The fourth-order valence-electron chi connectivity index (χ4n) is 1.77. The average molecular weight is 219 g/mol. The van der Waals surface area contributed by atoms with E-state index in [-0.39, 0.29) is 24.7 Å². The summed E-state index contributed by atoms with van der Waals surface area (Å²) < 4.78 is 5.10. The maximum absolute atomic E-state index is 11.4. The van der Waals surface area contributed by atoms with E-state index in [1.54, 1.807) is 12.0 Å². The lowest BCUT2D eigenvalue weighted by atomic mass is 10.2. The van der Waals surface area contributed by atoms with Crippen LogP contribution in [0.5, 0.6) is 5.75 Å². The highest BCUT2D eigenvalue weighted by Gasteiger charge is 2.27. The van der Waals surface area contributed by atoms with E-state index < -0.39 is 0 Å². The number of ether oxygens (including phenoxy) is 1. The number of benzene rings is 1. The molecule has 1 fully saturated rings. The lowest BCUT2D eigenvalue weighted by molar-refractivity contribution is -0.128. The van der Waals surface area contributed by atoms with Gasteiger partial charge in [0.25, 0.3) is 0 Å². The van der Waals surface area contributed by atoms with Crippen molar-refractivity contribution in [1.82, 2.24) is 4.90 Å². The smallest absolute Gasteiger partial charge is 0.230 e. The third-order valence-corrected chi connectivity index (χ3v) is 2.58. The average Bonchev–Trinajstić information content (AvgIpc) is 2.58. The van der Waals surface area contributed by atoms with Crippen molar-refractivity contribution in [3.8, 4) is 5.75 Å². The number of nitrogens with zero attached hydrogens (tertiary/aromatic N) is 1. The van der Waals surface area contributed by atoms with Crippen molar-refractivity contribution in [2.45, 2.75) is 13.0 Å². The van der Waals surface area contributed by atoms with Gasteiger partial charge in [0.05, 0.1) is 20.1 Å². The van der Waals surface area contributed by atoms with Gasteiger partial charge in [-0.2, -0.15) is 0 Å². The van der Waals surface area contributed by atoms with Gasteiger partial charge in [-0.1, -0.05) is 12.1 Å². The van der Waals surface area contributed by atoms with Crippen LogP contribution in [0.4, 0.5) is 0 Å². The Labute approximate surface area is 93.8 Å². The monoisotopic (exact) mass is 219 g/mol. The zero-order valence-electron chi connectivity index (χ0n) is 9.10. The number of ketones is 1. The quantitative estimate of drug-likeness (QED) is 0.712. The maximum Gasteiger partial charge on any atom is 0.230 e. The molecule has 0 aromatic heterocycles. The molecule has 4 heteroatoms. The Bertz CT molecular complexity index is 428. The second-order valence-electron chi connectivity index (χ2n) is 3.82. The van der Waals surface area contributed by atoms with Crippen molar-refractivity contribution in [3.63, 3.8) is 0 Å². The third-order valence-electron chi connectivity index (χ3n) is 2.58. The summed E-state index contributed by atoms with van der Waals surface area (Å²) >= 11 is 0. The molecule has 1 amide bonds. The minimum Gasteiger partial charge on any atom is -0.497 e. The molecule has 1 heterocycles. The normalized spacial score (nSPS) is 15.7. The highest BCUT2D eigenvalue weighted by molar-refractivity contribution is 6.05. The van der Waals surface area contributed by atoms with Gasteiger partial charge in [-0.05, 0) is 17.7 Å². The van der Waals surface area contributed by atoms with Gasteiger partial charge in [0.15, 0.2) is 5.78 Å². The van der Waals surface area contributed by atoms with E-state index in [9.17, 15) is 9.59 Å². The number of hydrogen-bond donors (Lipinski definition) is 0. The maximum atomic E-state index is 11.4. The topological polar surface area (TPSA) is 46.6 Å². The second kappa shape index (κ2) is 4.35. The van der Waals surface area contributed by atoms with Crippen LogP contribution in [-0.4, -0.2) is 30.2 Å². The molecule has 0 aliphatic carbocycles. The first-order valence-electron chi connectivity index (χ1n) is 5.11. The first-order chi connectivity index (χ1) is 7.69. The van der Waals surface area contributed by atoms with Gasteiger partial charge in [0.1, 0.15) is 5.75 Å². The largest absolute Gasteiger partial charge is 0.497 e. The molecule has 1 saturated heterocycles. The van der Waals surface area contributed by atoms with E-state index in [2.05, 4.69) is 0 Å². The van der Waals surface area contributed by atoms with Crippen molar-refractivity contribution in [2.75, 3.05) is 13.7 Å². The minimum absolute atomic E-state index is 0.00658. The van der Waals surface area contributed by atoms with Crippen molar-refractivity contribution in [3.05, 3.63) is 29.8 Å². The van der Waals surface area contributed by atoms with Gasteiger partial charge in [0, 0.05) is 6.54 Å². The summed E-state index contributed by atoms with van der Waals surface area (Å²) in [5.74, 6) is 0.663. The number of Topliss-reactive ketones (excluding diaryl/α,β-unsaturated/α-hetero) is 1. The van der Waals surface area contributed by atoms with Crippen LogP contribution < -0.4 is 4.74 Å². The van der Waals surface area contributed by atoms with Crippen LogP contribution in [0.3, 0.4) is 0 Å². The summed E-state index contributed by atoms with van der Waals surface area (Å²) in [4.78, 5) is 24.1. The molecule has 1 aromatic carbocycles. The van der Waals surface area contributed by atoms with E-state index >= 15 is 0 Å². The zero-order valence-corrected chi connectivity index (χ0v) is 9.10. The van der Waals surface area contributed by atoms with Gasteiger partial charge in [-0.15, -0.1) is 0 Å². The number of carbonyl (C=O) groups excluding carboxylic acids is 2. The molecule has 4 nitrogen and oxygen atoms in total. The lowest BCUT2D eigenvalue weighted by Gasteiger charge is -2.14. The molecule has 1 aliphatic heterocycles. The molecule has 0 radical (unpaired) electrons. The molecule has 84 valence electrons. The Morgan fingerprint density at radius 3 is 2.81 bits per heavy atom. The number of amides is 1. The fraction of sp³-hybridized carbons (Fsp3) is 0.333. The first kappa shape index (κ1) is 10.7. The van der Waals surface area contributed by atoms with E-state index in [4.69, 9.17) is 4.74 Å². The van der Waals surface area contributed by atoms with Crippen LogP contribution in [0.25, 0.3) is 0 Å². The minimum atomic E-state index is -0.0900. The zero-order chi connectivity index (χ0) is 11.5. The summed E-state index contributed by atoms with van der Waals surface area (Å²) in [5.41, 5.74) is 0.974. The lowest BCUT2D eigenvalue weighted by Crippen LogP contribution is -2.24. The van der Waals surface area contributed by atoms with Gasteiger partial charge in [-0.3, -0.25) is 9.59 Å². The third kappa shape index (κ3) is 2.21. The predicted molar refractivity (Wildman–Crippen MR) is 58.0 cm³/mol. The van der Waals surface area contributed by atoms with Crippen molar-refractivity contribution in [1.29, 1.82) is 0 Å². The molecule has 0 atom stereocenters. The Kier molecular flexibility index (Phi) is 2.90. The molecular formula is C12H13NO3. The Hall–Kier alpha value is -1.84.